The van der Waals surface area contributed by atoms with Crippen LogP contribution in [0, 0.1) is 0 Å². The maximum Gasteiger partial charge on any atom is 0.573 e. The number of hydrazine groups is 1. The maximum absolute atomic E-state index is 12.0. The van der Waals surface area contributed by atoms with Crippen LogP contribution < -0.4 is 16.0 Å². The number of nitrogen functional groups attached to an aromatic ring is 1. The van der Waals surface area contributed by atoms with Gasteiger partial charge in [-0.3, -0.25) is 5.84 Å². The third kappa shape index (κ3) is 3.32. The monoisotopic (exact) mass is 220 g/mol. The Morgan fingerprint density at radius 2 is 2.07 bits per heavy atom. The molecule has 1 aromatic rings. The number of benzene rings is 1. The third-order valence-corrected chi connectivity index (χ3v) is 1.84. The molecule has 0 aliphatic rings. The van der Waals surface area contributed by atoms with Gasteiger partial charge in [0.1, 0.15) is 0 Å². The summed E-state index contributed by atoms with van der Waals surface area (Å²) < 4.78 is 39.8. The van der Waals surface area contributed by atoms with Crippen molar-refractivity contribution in [1.29, 1.82) is 0 Å². The molecule has 3 nitrogen and oxygen atoms in total. The minimum Gasteiger partial charge on any atom is -0.404 e. The van der Waals surface area contributed by atoms with Crippen molar-refractivity contribution in [3.8, 4) is 5.75 Å². The first-order chi connectivity index (χ1) is 6.96. The molecule has 0 radical (unpaired) electrons. The van der Waals surface area contributed by atoms with Crippen LogP contribution in [0.15, 0.2) is 18.2 Å². The SMILES string of the molecule is CCc1ccc(NN)c(OC(F)(F)F)c1. The smallest absolute Gasteiger partial charge is 0.404 e. The average Bonchev–Trinajstić information content (AvgIpc) is 2.15. The zero-order chi connectivity index (χ0) is 11.5. The summed E-state index contributed by atoms with van der Waals surface area (Å²) in [5.41, 5.74) is 2.99. The molecular weight excluding hydrogens is 209 g/mol. The molecule has 3 N–H and O–H groups in total. The summed E-state index contributed by atoms with van der Waals surface area (Å²) in [6.45, 7) is 1.84. The molecule has 0 fully saturated rings. The van der Waals surface area contributed by atoms with Crippen LogP contribution in [-0.2, 0) is 6.42 Å². The number of halogens is 3. The molecule has 6 heteroatoms. The standard InChI is InChI=1S/C9H11F3N2O/c1-2-6-3-4-7(14-13)8(5-6)15-9(10,11)12/h3-5,14H,2,13H2,1H3. The first-order valence-corrected chi connectivity index (χ1v) is 4.31. The lowest BCUT2D eigenvalue weighted by Gasteiger charge is -2.13. The van der Waals surface area contributed by atoms with Gasteiger partial charge in [-0.15, -0.1) is 13.2 Å². The summed E-state index contributed by atoms with van der Waals surface area (Å²) in [6.07, 6.45) is -4.09. The molecule has 0 unspecified atom stereocenters. The summed E-state index contributed by atoms with van der Waals surface area (Å²) in [6, 6.07) is 4.43. The Balaban J connectivity index is 3.01. The molecule has 0 aromatic heterocycles. The zero-order valence-electron chi connectivity index (χ0n) is 8.06. The van der Waals surface area contributed by atoms with E-state index in [0.717, 1.165) is 5.56 Å². The van der Waals surface area contributed by atoms with E-state index < -0.39 is 6.36 Å². The van der Waals surface area contributed by atoms with E-state index in [0.29, 0.717) is 6.42 Å². The minimum atomic E-state index is -4.71. The summed E-state index contributed by atoms with van der Waals surface area (Å²) in [5, 5.41) is 0. The van der Waals surface area contributed by atoms with Crippen molar-refractivity contribution >= 4 is 5.69 Å². The van der Waals surface area contributed by atoms with Crippen LogP contribution in [0.5, 0.6) is 5.75 Å². The molecule has 15 heavy (non-hydrogen) atoms. The lowest BCUT2D eigenvalue weighted by Crippen LogP contribution is -2.19. The van der Waals surface area contributed by atoms with Crippen molar-refractivity contribution in [3.63, 3.8) is 0 Å². The highest BCUT2D eigenvalue weighted by molar-refractivity contribution is 5.57. The fourth-order valence-corrected chi connectivity index (χ4v) is 1.12. The number of anilines is 1. The Bertz CT molecular complexity index is 339. The van der Waals surface area contributed by atoms with Crippen molar-refractivity contribution in [3.05, 3.63) is 23.8 Å². The van der Waals surface area contributed by atoms with E-state index in [2.05, 4.69) is 10.2 Å². The van der Waals surface area contributed by atoms with E-state index in [1.165, 1.54) is 12.1 Å². The third-order valence-electron chi connectivity index (χ3n) is 1.84. The molecule has 0 atom stereocenters. The summed E-state index contributed by atoms with van der Waals surface area (Å²) in [5.74, 6) is 4.75. The second-order valence-corrected chi connectivity index (χ2v) is 2.88. The van der Waals surface area contributed by atoms with Gasteiger partial charge >= 0.3 is 6.36 Å². The maximum atomic E-state index is 12.0. The molecule has 0 heterocycles. The van der Waals surface area contributed by atoms with E-state index in [4.69, 9.17) is 5.84 Å². The van der Waals surface area contributed by atoms with Crippen molar-refractivity contribution in [2.45, 2.75) is 19.7 Å². The predicted octanol–water partition coefficient (Wildman–Crippen LogP) is 2.43. The number of nitrogens with two attached hydrogens (primary N) is 1. The fourth-order valence-electron chi connectivity index (χ4n) is 1.12. The van der Waals surface area contributed by atoms with E-state index in [1.54, 1.807) is 6.07 Å². The van der Waals surface area contributed by atoms with Gasteiger partial charge in [-0.05, 0) is 24.1 Å². The van der Waals surface area contributed by atoms with Gasteiger partial charge in [-0.25, -0.2) is 0 Å². The van der Waals surface area contributed by atoms with Gasteiger partial charge in [0.15, 0.2) is 5.75 Å². The number of ether oxygens (including phenoxy) is 1. The Morgan fingerprint density at radius 3 is 2.53 bits per heavy atom. The number of alkyl halides is 3. The van der Waals surface area contributed by atoms with Gasteiger partial charge in [-0.1, -0.05) is 13.0 Å². The fraction of sp³-hybridized carbons (Fsp3) is 0.333. The molecule has 0 spiro atoms. The molecule has 1 aromatic carbocycles. The lowest BCUT2D eigenvalue weighted by atomic mass is 10.1. The molecular formula is C9H11F3N2O. The minimum absolute atomic E-state index is 0.101. The quantitative estimate of drug-likeness (QED) is 0.607. The van der Waals surface area contributed by atoms with E-state index in [1.807, 2.05) is 6.92 Å². The van der Waals surface area contributed by atoms with Crippen LogP contribution in [0.1, 0.15) is 12.5 Å². The zero-order valence-corrected chi connectivity index (χ0v) is 8.06. The predicted molar refractivity (Wildman–Crippen MR) is 50.3 cm³/mol. The second kappa shape index (κ2) is 4.39. The highest BCUT2D eigenvalue weighted by atomic mass is 19.4. The number of rotatable bonds is 3. The van der Waals surface area contributed by atoms with Crippen LogP contribution in [0.2, 0.25) is 0 Å². The number of aryl methyl sites for hydroxylation is 1. The Kier molecular flexibility index (Phi) is 3.41. The van der Waals surface area contributed by atoms with Gasteiger partial charge in [0.05, 0.1) is 5.69 Å². The highest BCUT2D eigenvalue weighted by Gasteiger charge is 2.32. The molecule has 0 aliphatic heterocycles. The van der Waals surface area contributed by atoms with E-state index in [-0.39, 0.29) is 11.4 Å². The molecule has 1 rings (SSSR count). The number of hydrogen-bond acceptors (Lipinski definition) is 3. The number of nitrogens with one attached hydrogen (secondary N) is 1. The molecule has 84 valence electrons. The van der Waals surface area contributed by atoms with Crippen LogP contribution in [0.25, 0.3) is 0 Å². The molecule has 0 saturated carbocycles. The van der Waals surface area contributed by atoms with Crippen molar-refractivity contribution in [2.75, 3.05) is 5.43 Å². The highest BCUT2D eigenvalue weighted by Crippen LogP contribution is 2.30. The Morgan fingerprint density at radius 1 is 1.40 bits per heavy atom. The van der Waals surface area contributed by atoms with E-state index >= 15 is 0 Å². The van der Waals surface area contributed by atoms with Crippen molar-refractivity contribution in [2.24, 2.45) is 5.84 Å². The lowest BCUT2D eigenvalue weighted by molar-refractivity contribution is -0.274. The van der Waals surface area contributed by atoms with Crippen LogP contribution in [0.3, 0.4) is 0 Å². The van der Waals surface area contributed by atoms with Gasteiger partial charge < -0.3 is 10.2 Å². The molecule has 0 aliphatic carbocycles. The second-order valence-electron chi connectivity index (χ2n) is 2.88. The first-order valence-electron chi connectivity index (χ1n) is 4.31. The van der Waals surface area contributed by atoms with Gasteiger partial charge in [0, 0.05) is 0 Å². The van der Waals surface area contributed by atoms with Gasteiger partial charge in [-0.2, -0.15) is 0 Å². The van der Waals surface area contributed by atoms with Crippen molar-refractivity contribution in [1.82, 2.24) is 0 Å². The molecule has 0 amide bonds. The molecule has 0 bridgehead atoms. The van der Waals surface area contributed by atoms with Gasteiger partial charge in [0.25, 0.3) is 0 Å². The normalized spacial score (nSPS) is 11.3. The Hall–Kier alpha value is -1.43. The van der Waals surface area contributed by atoms with Gasteiger partial charge in [0.2, 0.25) is 0 Å². The van der Waals surface area contributed by atoms with Crippen LogP contribution in [0.4, 0.5) is 18.9 Å². The van der Waals surface area contributed by atoms with Crippen LogP contribution >= 0.6 is 0 Å². The van der Waals surface area contributed by atoms with E-state index in [9.17, 15) is 13.2 Å². The summed E-state index contributed by atoms with van der Waals surface area (Å²) >= 11 is 0. The van der Waals surface area contributed by atoms with Crippen molar-refractivity contribution < 1.29 is 17.9 Å². The Labute approximate surface area is 85.0 Å². The average molecular weight is 220 g/mol. The topological polar surface area (TPSA) is 47.3 Å². The summed E-state index contributed by atoms with van der Waals surface area (Å²) in [7, 11) is 0. The largest absolute Gasteiger partial charge is 0.573 e. The number of hydrogen-bond donors (Lipinski definition) is 2. The first kappa shape index (κ1) is 11.6. The molecule has 0 saturated heterocycles. The summed E-state index contributed by atoms with van der Waals surface area (Å²) in [4.78, 5) is 0. The van der Waals surface area contributed by atoms with Crippen LogP contribution in [-0.4, -0.2) is 6.36 Å².